The molecule has 1 atom stereocenters. The highest BCUT2D eigenvalue weighted by Gasteiger charge is 2.21. The van der Waals surface area contributed by atoms with Gasteiger partial charge in [0.1, 0.15) is 0 Å². The van der Waals surface area contributed by atoms with Crippen molar-refractivity contribution in [2.45, 2.75) is 147 Å². The van der Waals surface area contributed by atoms with Crippen LogP contribution in [0.4, 0.5) is 0 Å². The second-order valence-corrected chi connectivity index (χ2v) is 10.5. The lowest BCUT2D eigenvalue weighted by atomic mass is 10.0. The molecule has 0 heterocycles. The summed E-state index contributed by atoms with van der Waals surface area (Å²) < 4.78 is 32.5. The third kappa shape index (κ3) is 20.9. The standard InChI is InChI=1S/C24H50O4S/c1-2-3-4-18-21-24(29(26,27)28)22-19-16-14-12-10-8-6-5-7-9-11-13-15-17-20-23-25/h24-25H,2-23H2,1H3,(H,26,27,28). The maximum Gasteiger partial charge on any atom is 0.267 e. The van der Waals surface area contributed by atoms with E-state index < -0.39 is 15.4 Å². The summed E-state index contributed by atoms with van der Waals surface area (Å²) in [6.07, 6.45) is 24.0. The fourth-order valence-electron chi connectivity index (χ4n) is 4.02. The number of aliphatic hydroxyl groups excluding tert-OH is 1. The van der Waals surface area contributed by atoms with Crippen LogP contribution in [0.25, 0.3) is 0 Å². The lowest BCUT2D eigenvalue weighted by Gasteiger charge is -2.13. The van der Waals surface area contributed by atoms with Crippen LogP contribution in [0.5, 0.6) is 0 Å². The predicted octanol–water partition coefficient (Wildman–Crippen LogP) is 7.45. The molecule has 0 amide bonds. The quantitative estimate of drug-likeness (QED) is 0.129. The Hall–Kier alpha value is -0.130. The van der Waals surface area contributed by atoms with Crippen molar-refractivity contribution < 1.29 is 18.1 Å². The van der Waals surface area contributed by atoms with Crippen molar-refractivity contribution in [1.29, 1.82) is 0 Å². The van der Waals surface area contributed by atoms with Crippen molar-refractivity contribution in [3.63, 3.8) is 0 Å². The number of hydrogen-bond acceptors (Lipinski definition) is 3. The maximum absolute atomic E-state index is 11.5. The highest BCUT2D eigenvalue weighted by Crippen LogP contribution is 2.19. The van der Waals surface area contributed by atoms with Crippen LogP contribution in [0.3, 0.4) is 0 Å². The molecule has 0 saturated heterocycles. The molecule has 0 fully saturated rings. The zero-order valence-corrected chi connectivity index (χ0v) is 20.1. The van der Waals surface area contributed by atoms with Crippen LogP contribution in [0, 0.1) is 0 Å². The molecule has 2 N–H and O–H groups in total. The lowest BCUT2D eigenvalue weighted by Crippen LogP contribution is -2.20. The summed E-state index contributed by atoms with van der Waals surface area (Å²) >= 11 is 0. The summed E-state index contributed by atoms with van der Waals surface area (Å²) in [6.45, 7) is 2.48. The first-order valence-electron chi connectivity index (χ1n) is 12.6. The molecule has 0 aromatic heterocycles. The molecule has 0 bridgehead atoms. The fraction of sp³-hybridized carbons (Fsp3) is 1.00. The molecular weight excluding hydrogens is 384 g/mol. The van der Waals surface area contributed by atoms with Gasteiger partial charge in [-0.2, -0.15) is 8.42 Å². The minimum atomic E-state index is -3.88. The van der Waals surface area contributed by atoms with Crippen LogP contribution >= 0.6 is 0 Å². The first kappa shape index (κ1) is 28.9. The minimum absolute atomic E-state index is 0.338. The molecule has 0 saturated carbocycles. The van der Waals surface area contributed by atoms with Crippen LogP contribution < -0.4 is 0 Å². The maximum atomic E-state index is 11.5. The summed E-state index contributed by atoms with van der Waals surface area (Å²) in [7, 11) is -3.88. The van der Waals surface area contributed by atoms with Gasteiger partial charge >= 0.3 is 0 Å². The molecule has 0 aliphatic carbocycles. The largest absolute Gasteiger partial charge is 0.396 e. The van der Waals surface area contributed by atoms with Crippen molar-refractivity contribution in [2.75, 3.05) is 6.61 Å². The summed E-state index contributed by atoms with van der Waals surface area (Å²) in [5.74, 6) is 0. The summed E-state index contributed by atoms with van der Waals surface area (Å²) in [6, 6.07) is 0. The van der Waals surface area contributed by atoms with Crippen molar-refractivity contribution >= 4 is 10.1 Å². The molecule has 0 aliphatic rings. The van der Waals surface area contributed by atoms with E-state index in [-0.39, 0.29) is 0 Å². The zero-order chi connectivity index (χ0) is 21.6. The average Bonchev–Trinajstić information content (AvgIpc) is 2.68. The Bertz CT molecular complexity index is 423. The Morgan fingerprint density at radius 1 is 0.552 bits per heavy atom. The van der Waals surface area contributed by atoms with Crippen LogP contribution in [0.15, 0.2) is 0 Å². The first-order chi connectivity index (χ1) is 14.0. The van der Waals surface area contributed by atoms with Gasteiger partial charge in [0, 0.05) is 6.61 Å². The van der Waals surface area contributed by atoms with Crippen LogP contribution in [0.1, 0.15) is 142 Å². The highest BCUT2D eigenvalue weighted by atomic mass is 32.2. The van der Waals surface area contributed by atoms with Gasteiger partial charge in [0.25, 0.3) is 10.1 Å². The van der Waals surface area contributed by atoms with Gasteiger partial charge in [-0.25, -0.2) is 0 Å². The lowest BCUT2D eigenvalue weighted by molar-refractivity contribution is 0.282. The molecule has 0 spiro atoms. The van der Waals surface area contributed by atoms with Crippen LogP contribution in [0.2, 0.25) is 0 Å². The summed E-state index contributed by atoms with van der Waals surface area (Å²) in [5.41, 5.74) is 0. The predicted molar refractivity (Wildman–Crippen MR) is 125 cm³/mol. The Kier molecular flexibility index (Phi) is 21.0. The molecule has 29 heavy (non-hydrogen) atoms. The van der Waals surface area contributed by atoms with Crippen LogP contribution in [-0.4, -0.2) is 29.9 Å². The van der Waals surface area contributed by atoms with E-state index in [1.807, 2.05) is 0 Å². The first-order valence-corrected chi connectivity index (χ1v) is 14.1. The van der Waals surface area contributed by atoms with Gasteiger partial charge in [0.15, 0.2) is 0 Å². The highest BCUT2D eigenvalue weighted by molar-refractivity contribution is 7.86. The van der Waals surface area contributed by atoms with E-state index >= 15 is 0 Å². The van der Waals surface area contributed by atoms with Gasteiger partial charge < -0.3 is 5.11 Å². The van der Waals surface area contributed by atoms with E-state index in [2.05, 4.69) is 6.92 Å². The molecule has 0 aliphatic heterocycles. The minimum Gasteiger partial charge on any atom is -0.396 e. The monoisotopic (exact) mass is 434 g/mol. The fourth-order valence-corrected chi connectivity index (χ4v) is 4.95. The number of aliphatic hydroxyl groups is 1. The second-order valence-electron chi connectivity index (χ2n) is 8.80. The Labute approximate surface area is 182 Å². The summed E-state index contributed by atoms with van der Waals surface area (Å²) in [4.78, 5) is 0. The van der Waals surface area contributed by atoms with Gasteiger partial charge in [-0.3, -0.25) is 4.55 Å². The second kappa shape index (κ2) is 21.1. The molecule has 0 rings (SSSR count). The average molecular weight is 435 g/mol. The van der Waals surface area contributed by atoms with Gasteiger partial charge in [0.05, 0.1) is 5.25 Å². The van der Waals surface area contributed by atoms with E-state index in [0.717, 1.165) is 44.9 Å². The van der Waals surface area contributed by atoms with E-state index in [9.17, 15) is 13.0 Å². The van der Waals surface area contributed by atoms with E-state index in [1.165, 1.54) is 77.0 Å². The van der Waals surface area contributed by atoms with Crippen molar-refractivity contribution in [2.24, 2.45) is 0 Å². The number of rotatable bonds is 23. The van der Waals surface area contributed by atoms with E-state index in [1.54, 1.807) is 0 Å². The van der Waals surface area contributed by atoms with Crippen LogP contribution in [-0.2, 0) is 10.1 Å². The molecule has 5 heteroatoms. The molecule has 176 valence electrons. The zero-order valence-electron chi connectivity index (χ0n) is 19.3. The molecule has 0 radical (unpaired) electrons. The Morgan fingerprint density at radius 2 is 0.862 bits per heavy atom. The topological polar surface area (TPSA) is 74.6 Å². The van der Waals surface area contributed by atoms with Gasteiger partial charge in [-0.15, -0.1) is 0 Å². The SMILES string of the molecule is CCCCCCC(CCCCCCCCCCCCCCCCCO)S(=O)(=O)O. The van der Waals surface area contributed by atoms with E-state index in [0.29, 0.717) is 19.4 Å². The van der Waals surface area contributed by atoms with Gasteiger partial charge in [-0.05, 0) is 19.3 Å². The third-order valence-corrected chi connectivity index (χ3v) is 7.30. The van der Waals surface area contributed by atoms with Crippen molar-refractivity contribution in [3.8, 4) is 0 Å². The normalized spacial score (nSPS) is 13.1. The summed E-state index contributed by atoms with van der Waals surface area (Å²) in [5, 5.41) is 8.19. The Morgan fingerprint density at radius 3 is 1.17 bits per heavy atom. The molecule has 0 aromatic carbocycles. The molecule has 0 aromatic rings. The Balaban J connectivity index is 3.43. The molecular formula is C24H50O4S. The molecule has 4 nitrogen and oxygen atoms in total. The van der Waals surface area contributed by atoms with Crippen molar-refractivity contribution in [3.05, 3.63) is 0 Å². The molecule has 1 unspecified atom stereocenters. The smallest absolute Gasteiger partial charge is 0.267 e. The van der Waals surface area contributed by atoms with Crippen molar-refractivity contribution in [1.82, 2.24) is 0 Å². The number of unbranched alkanes of at least 4 members (excludes halogenated alkanes) is 17. The van der Waals surface area contributed by atoms with E-state index in [4.69, 9.17) is 5.11 Å². The number of hydrogen-bond donors (Lipinski definition) is 2. The van der Waals surface area contributed by atoms with Gasteiger partial charge in [0.2, 0.25) is 0 Å². The third-order valence-electron chi connectivity index (χ3n) is 5.99. The van der Waals surface area contributed by atoms with Gasteiger partial charge in [-0.1, -0.05) is 122 Å².